The van der Waals surface area contributed by atoms with Crippen molar-refractivity contribution in [1.82, 2.24) is 9.55 Å². The van der Waals surface area contributed by atoms with Crippen LogP contribution >= 0.6 is 0 Å². The van der Waals surface area contributed by atoms with Gasteiger partial charge < -0.3 is 10.3 Å². The van der Waals surface area contributed by atoms with Crippen molar-refractivity contribution in [2.24, 2.45) is 5.73 Å². The SMILES string of the molecule is N[C@H]1C[C@@H]1c1cn(C(c2ccccc2)(c2ccccc2)c2ccccc2)cn1. The number of aromatic nitrogens is 2. The Labute approximate surface area is 165 Å². The summed E-state index contributed by atoms with van der Waals surface area (Å²) in [5.41, 5.74) is 10.3. The van der Waals surface area contributed by atoms with E-state index in [0.717, 1.165) is 12.1 Å². The summed E-state index contributed by atoms with van der Waals surface area (Å²) in [5.74, 6) is 0.376. The van der Waals surface area contributed by atoms with Gasteiger partial charge >= 0.3 is 0 Å². The van der Waals surface area contributed by atoms with Crippen molar-refractivity contribution in [1.29, 1.82) is 0 Å². The molecule has 1 fully saturated rings. The lowest BCUT2D eigenvalue weighted by Crippen LogP contribution is -2.36. The molecule has 3 nitrogen and oxygen atoms in total. The van der Waals surface area contributed by atoms with Crippen LogP contribution in [0, 0.1) is 0 Å². The number of nitrogens with two attached hydrogens (primary N) is 1. The first-order chi connectivity index (χ1) is 13.8. The number of nitrogens with zero attached hydrogens (tertiary/aromatic N) is 2. The molecular weight excluding hydrogens is 342 g/mol. The summed E-state index contributed by atoms with van der Waals surface area (Å²) in [6.45, 7) is 0. The maximum absolute atomic E-state index is 6.10. The fraction of sp³-hybridized carbons (Fsp3) is 0.160. The number of hydrogen-bond donors (Lipinski definition) is 1. The monoisotopic (exact) mass is 365 g/mol. The highest BCUT2D eigenvalue weighted by Gasteiger charge is 2.41. The summed E-state index contributed by atoms with van der Waals surface area (Å²) in [4.78, 5) is 4.75. The Morgan fingerprint density at radius 1 is 0.750 bits per heavy atom. The Bertz CT molecular complexity index is 958. The molecule has 28 heavy (non-hydrogen) atoms. The fourth-order valence-electron chi connectivity index (χ4n) is 4.25. The van der Waals surface area contributed by atoms with Gasteiger partial charge in [-0.25, -0.2) is 4.98 Å². The van der Waals surface area contributed by atoms with Crippen LogP contribution in [0.25, 0.3) is 0 Å². The Kier molecular flexibility index (Phi) is 4.10. The molecule has 0 spiro atoms. The van der Waals surface area contributed by atoms with E-state index in [1.807, 2.05) is 6.33 Å². The van der Waals surface area contributed by atoms with Crippen LogP contribution in [0.4, 0.5) is 0 Å². The molecule has 3 aromatic carbocycles. The van der Waals surface area contributed by atoms with Crippen molar-refractivity contribution in [2.75, 3.05) is 0 Å². The zero-order valence-electron chi connectivity index (χ0n) is 15.6. The van der Waals surface area contributed by atoms with E-state index in [9.17, 15) is 0 Å². The Morgan fingerprint density at radius 2 is 1.18 bits per heavy atom. The first-order valence-electron chi connectivity index (χ1n) is 9.76. The van der Waals surface area contributed by atoms with E-state index in [1.165, 1.54) is 16.7 Å². The number of hydrogen-bond acceptors (Lipinski definition) is 2. The van der Waals surface area contributed by atoms with Crippen LogP contribution in [0.1, 0.15) is 34.7 Å². The molecule has 5 rings (SSSR count). The summed E-state index contributed by atoms with van der Waals surface area (Å²) >= 11 is 0. The third-order valence-electron chi connectivity index (χ3n) is 5.78. The molecule has 0 bridgehead atoms. The van der Waals surface area contributed by atoms with Gasteiger partial charge in [0.05, 0.1) is 12.0 Å². The van der Waals surface area contributed by atoms with Gasteiger partial charge in [-0.15, -0.1) is 0 Å². The van der Waals surface area contributed by atoms with Gasteiger partial charge in [-0.2, -0.15) is 0 Å². The predicted octanol–water partition coefficient (Wildman–Crippen LogP) is 4.54. The van der Waals surface area contributed by atoms with Gasteiger partial charge in [0.1, 0.15) is 5.54 Å². The van der Waals surface area contributed by atoms with E-state index in [0.29, 0.717) is 5.92 Å². The van der Waals surface area contributed by atoms with Gasteiger partial charge in [0.25, 0.3) is 0 Å². The highest BCUT2D eigenvalue weighted by molar-refractivity contribution is 5.50. The lowest BCUT2D eigenvalue weighted by atomic mass is 9.77. The minimum Gasteiger partial charge on any atom is -0.327 e. The van der Waals surface area contributed by atoms with E-state index in [4.69, 9.17) is 10.7 Å². The highest BCUT2D eigenvalue weighted by atomic mass is 15.1. The van der Waals surface area contributed by atoms with E-state index < -0.39 is 5.54 Å². The van der Waals surface area contributed by atoms with Gasteiger partial charge in [-0.3, -0.25) is 0 Å². The quantitative estimate of drug-likeness (QED) is 0.528. The second-order valence-corrected chi connectivity index (χ2v) is 7.52. The van der Waals surface area contributed by atoms with Crippen molar-refractivity contribution in [3.63, 3.8) is 0 Å². The molecular formula is C25H23N3. The van der Waals surface area contributed by atoms with Gasteiger partial charge in [0.2, 0.25) is 0 Å². The molecule has 1 saturated carbocycles. The molecule has 4 aromatic rings. The first kappa shape index (κ1) is 17.0. The maximum atomic E-state index is 6.10. The average molecular weight is 365 g/mol. The molecule has 1 aromatic heterocycles. The lowest BCUT2D eigenvalue weighted by Gasteiger charge is -2.37. The highest BCUT2D eigenvalue weighted by Crippen LogP contribution is 2.43. The summed E-state index contributed by atoms with van der Waals surface area (Å²) in [6, 6.07) is 32.2. The normalized spacial score (nSPS) is 18.8. The minimum absolute atomic E-state index is 0.239. The summed E-state index contributed by atoms with van der Waals surface area (Å²) < 4.78 is 2.26. The van der Waals surface area contributed by atoms with E-state index in [-0.39, 0.29) is 6.04 Å². The molecule has 0 aliphatic heterocycles. The number of imidazole rings is 1. The minimum atomic E-state index is -0.492. The third kappa shape index (κ3) is 2.67. The number of rotatable bonds is 5. The topological polar surface area (TPSA) is 43.8 Å². The van der Waals surface area contributed by atoms with E-state index in [1.54, 1.807) is 0 Å². The molecule has 2 N–H and O–H groups in total. The van der Waals surface area contributed by atoms with Gasteiger partial charge in [0, 0.05) is 18.2 Å². The summed E-state index contributed by atoms with van der Waals surface area (Å²) in [7, 11) is 0. The smallest absolute Gasteiger partial charge is 0.121 e. The van der Waals surface area contributed by atoms with Gasteiger partial charge in [-0.1, -0.05) is 91.0 Å². The van der Waals surface area contributed by atoms with Crippen molar-refractivity contribution < 1.29 is 0 Å². The number of benzene rings is 3. The second-order valence-electron chi connectivity index (χ2n) is 7.52. The van der Waals surface area contributed by atoms with E-state index >= 15 is 0 Å². The Morgan fingerprint density at radius 3 is 1.57 bits per heavy atom. The molecule has 1 heterocycles. The first-order valence-corrected chi connectivity index (χ1v) is 9.76. The summed E-state index contributed by atoms with van der Waals surface area (Å²) in [6.07, 6.45) is 5.17. The predicted molar refractivity (Wildman–Crippen MR) is 112 cm³/mol. The molecule has 2 atom stereocenters. The summed E-state index contributed by atoms with van der Waals surface area (Å²) in [5, 5.41) is 0. The lowest BCUT2D eigenvalue weighted by molar-refractivity contribution is 0.514. The van der Waals surface area contributed by atoms with Gasteiger partial charge in [-0.05, 0) is 23.1 Å². The molecule has 0 radical (unpaired) electrons. The van der Waals surface area contributed by atoms with Crippen LogP contribution in [0.5, 0.6) is 0 Å². The van der Waals surface area contributed by atoms with Gasteiger partial charge in [0.15, 0.2) is 0 Å². The zero-order chi connectivity index (χ0) is 19.0. The third-order valence-corrected chi connectivity index (χ3v) is 5.78. The van der Waals surface area contributed by atoms with Crippen molar-refractivity contribution in [2.45, 2.75) is 23.9 Å². The molecule has 3 heteroatoms. The molecule has 1 aliphatic carbocycles. The standard InChI is InChI=1S/C25H23N3/c26-23-16-22(23)24-17-28(18-27-24)25(19-10-4-1-5-11-19,20-12-6-2-7-13-20)21-14-8-3-9-15-21/h1-15,17-18,22-23H,16,26H2/t22-,23-/m0/s1. The van der Waals surface area contributed by atoms with E-state index in [2.05, 4.69) is 102 Å². The largest absolute Gasteiger partial charge is 0.327 e. The fourth-order valence-corrected chi connectivity index (χ4v) is 4.25. The van der Waals surface area contributed by atoms with Crippen LogP contribution in [0.3, 0.4) is 0 Å². The van der Waals surface area contributed by atoms with Crippen LogP contribution in [0.2, 0.25) is 0 Å². The van der Waals surface area contributed by atoms with Crippen molar-refractivity contribution in [3.05, 3.63) is 126 Å². The molecule has 1 aliphatic rings. The molecule has 138 valence electrons. The Hall–Kier alpha value is -3.17. The molecule has 0 unspecified atom stereocenters. The average Bonchev–Trinajstić information content (AvgIpc) is 3.29. The van der Waals surface area contributed by atoms with Crippen LogP contribution in [-0.2, 0) is 5.54 Å². The zero-order valence-corrected chi connectivity index (χ0v) is 15.6. The van der Waals surface area contributed by atoms with Crippen LogP contribution < -0.4 is 5.73 Å². The Balaban J connectivity index is 1.81. The maximum Gasteiger partial charge on any atom is 0.121 e. The second kappa shape index (κ2) is 6.77. The molecule has 0 saturated heterocycles. The van der Waals surface area contributed by atoms with Crippen LogP contribution in [0.15, 0.2) is 104 Å². The molecule has 0 amide bonds. The van der Waals surface area contributed by atoms with Crippen molar-refractivity contribution >= 4 is 0 Å². The van der Waals surface area contributed by atoms with Crippen LogP contribution in [-0.4, -0.2) is 15.6 Å². The van der Waals surface area contributed by atoms with Crippen molar-refractivity contribution in [3.8, 4) is 0 Å².